The molecule has 3 nitrogen and oxygen atoms in total. The Morgan fingerprint density at radius 3 is 2.80 bits per heavy atom. The van der Waals surface area contributed by atoms with Gasteiger partial charge in [0.2, 0.25) is 0 Å². The van der Waals surface area contributed by atoms with Crippen LogP contribution in [0.4, 0.5) is 0 Å². The molecule has 1 aliphatic rings. The normalized spacial score (nSPS) is 16.1. The molecule has 3 aromatic rings. The minimum atomic E-state index is 0.0550. The zero-order chi connectivity index (χ0) is 13.9. The molecule has 1 aromatic carbocycles. The summed E-state index contributed by atoms with van der Waals surface area (Å²) in [5.41, 5.74) is 3.30. The molecule has 4 rings (SSSR count). The van der Waals surface area contributed by atoms with Gasteiger partial charge in [0.1, 0.15) is 0 Å². The molecule has 1 N–H and O–H groups in total. The van der Waals surface area contributed by atoms with Crippen LogP contribution < -0.4 is 0 Å². The number of H-pyrrole nitrogens is 1. The van der Waals surface area contributed by atoms with E-state index in [-0.39, 0.29) is 5.54 Å². The van der Waals surface area contributed by atoms with Gasteiger partial charge in [-0.1, -0.05) is 18.2 Å². The molecule has 4 heteroatoms. The second-order valence-electron chi connectivity index (χ2n) is 6.23. The standard InChI is InChI=1S/C16H17N3S/c1-16(2,10-7-8-10)19-14-11-5-3-4-6-12(11)17-9-13(14)18-15(19)20/h3-6,9-10H,7-8H2,1-2H3,(H,18,20). The third-order valence-electron chi connectivity index (χ3n) is 4.57. The molecule has 0 amide bonds. The van der Waals surface area contributed by atoms with Crippen molar-refractivity contribution in [1.82, 2.24) is 14.5 Å². The first-order valence-electron chi connectivity index (χ1n) is 7.08. The highest BCUT2D eigenvalue weighted by Gasteiger charge is 2.40. The van der Waals surface area contributed by atoms with E-state index in [9.17, 15) is 0 Å². The second-order valence-corrected chi connectivity index (χ2v) is 6.62. The number of imidazole rings is 1. The minimum absolute atomic E-state index is 0.0550. The Kier molecular flexibility index (Phi) is 2.37. The van der Waals surface area contributed by atoms with Gasteiger partial charge in [-0.2, -0.15) is 0 Å². The van der Waals surface area contributed by atoms with Gasteiger partial charge in [0, 0.05) is 10.9 Å². The van der Waals surface area contributed by atoms with E-state index in [1.807, 2.05) is 12.3 Å². The predicted octanol–water partition coefficient (Wildman–Crippen LogP) is 4.39. The number of pyridine rings is 1. The van der Waals surface area contributed by atoms with E-state index >= 15 is 0 Å². The number of para-hydroxylation sites is 1. The average molecular weight is 283 g/mol. The van der Waals surface area contributed by atoms with Gasteiger partial charge in [-0.05, 0) is 50.9 Å². The van der Waals surface area contributed by atoms with Gasteiger partial charge in [0.15, 0.2) is 4.77 Å². The Bertz CT molecular complexity index is 868. The number of aromatic nitrogens is 3. The van der Waals surface area contributed by atoms with Gasteiger partial charge in [0.25, 0.3) is 0 Å². The molecule has 0 spiro atoms. The average Bonchev–Trinajstić information content (AvgIpc) is 3.21. The summed E-state index contributed by atoms with van der Waals surface area (Å²) >= 11 is 5.59. The number of hydrogen-bond donors (Lipinski definition) is 1. The Morgan fingerprint density at radius 2 is 2.05 bits per heavy atom. The van der Waals surface area contributed by atoms with E-state index in [0.717, 1.165) is 21.7 Å². The fourth-order valence-electron chi connectivity index (χ4n) is 3.25. The van der Waals surface area contributed by atoms with Crippen molar-refractivity contribution in [2.24, 2.45) is 5.92 Å². The maximum atomic E-state index is 5.59. The summed E-state index contributed by atoms with van der Waals surface area (Å²) in [4.78, 5) is 7.84. The van der Waals surface area contributed by atoms with Crippen LogP contribution in [-0.2, 0) is 5.54 Å². The Balaban J connectivity index is 2.16. The lowest BCUT2D eigenvalue weighted by molar-refractivity contribution is 0.310. The van der Waals surface area contributed by atoms with Crippen molar-refractivity contribution < 1.29 is 0 Å². The molecular formula is C16H17N3S. The molecule has 0 unspecified atom stereocenters. The van der Waals surface area contributed by atoms with E-state index < -0.39 is 0 Å². The van der Waals surface area contributed by atoms with E-state index in [4.69, 9.17) is 12.2 Å². The zero-order valence-corrected chi connectivity index (χ0v) is 12.5. The fraction of sp³-hybridized carbons (Fsp3) is 0.375. The highest BCUT2D eigenvalue weighted by molar-refractivity contribution is 7.71. The molecule has 2 heterocycles. The van der Waals surface area contributed by atoms with Crippen molar-refractivity contribution in [2.45, 2.75) is 32.2 Å². The van der Waals surface area contributed by atoms with E-state index in [1.165, 1.54) is 23.7 Å². The summed E-state index contributed by atoms with van der Waals surface area (Å²) in [5.74, 6) is 0.722. The van der Waals surface area contributed by atoms with Crippen LogP contribution in [0.25, 0.3) is 21.9 Å². The number of aromatic amines is 1. The van der Waals surface area contributed by atoms with Gasteiger partial charge in [-0.3, -0.25) is 4.98 Å². The number of nitrogens with zero attached hydrogens (tertiary/aromatic N) is 2. The molecule has 0 atom stereocenters. The molecule has 0 aliphatic heterocycles. The second kappa shape index (κ2) is 3.92. The fourth-order valence-corrected chi connectivity index (χ4v) is 3.69. The van der Waals surface area contributed by atoms with Crippen LogP contribution in [0.1, 0.15) is 26.7 Å². The largest absolute Gasteiger partial charge is 0.329 e. The molecule has 1 saturated carbocycles. The highest BCUT2D eigenvalue weighted by Crippen LogP contribution is 2.45. The van der Waals surface area contributed by atoms with Crippen molar-refractivity contribution in [3.05, 3.63) is 35.2 Å². The van der Waals surface area contributed by atoms with Crippen molar-refractivity contribution >= 4 is 34.2 Å². The maximum absolute atomic E-state index is 5.59. The maximum Gasteiger partial charge on any atom is 0.178 e. The monoisotopic (exact) mass is 283 g/mol. The lowest BCUT2D eigenvalue weighted by atomic mass is 9.98. The summed E-state index contributed by atoms with van der Waals surface area (Å²) in [5, 5.41) is 1.17. The van der Waals surface area contributed by atoms with Gasteiger partial charge in [-0.15, -0.1) is 0 Å². The SMILES string of the molecule is CC(C)(C1CC1)n1c(=S)[nH]c2cnc3ccccc3c21. The Hall–Kier alpha value is -1.68. The number of hydrogen-bond acceptors (Lipinski definition) is 2. The van der Waals surface area contributed by atoms with Gasteiger partial charge >= 0.3 is 0 Å². The lowest BCUT2D eigenvalue weighted by Gasteiger charge is -2.27. The first-order valence-corrected chi connectivity index (χ1v) is 7.49. The van der Waals surface area contributed by atoms with Crippen LogP contribution in [0, 0.1) is 10.7 Å². The smallest absolute Gasteiger partial charge is 0.178 e. The molecule has 1 fully saturated rings. The van der Waals surface area contributed by atoms with E-state index in [1.54, 1.807) is 0 Å². The van der Waals surface area contributed by atoms with Crippen LogP contribution in [-0.4, -0.2) is 14.5 Å². The van der Waals surface area contributed by atoms with Crippen LogP contribution in [0.15, 0.2) is 30.5 Å². The molecule has 20 heavy (non-hydrogen) atoms. The minimum Gasteiger partial charge on any atom is -0.329 e. The van der Waals surface area contributed by atoms with Crippen molar-refractivity contribution in [1.29, 1.82) is 0 Å². The topological polar surface area (TPSA) is 33.6 Å². The van der Waals surface area contributed by atoms with Crippen LogP contribution in [0.3, 0.4) is 0 Å². The van der Waals surface area contributed by atoms with Crippen LogP contribution in [0.2, 0.25) is 0 Å². The summed E-state index contributed by atoms with van der Waals surface area (Å²) < 4.78 is 3.11. The third kappa shape index (κ3) is 1.57. The first kappa shape index (κ1) is 12.1. The van der Waals surface area contributed by atoms with Gasteiger partial charge in [0.05, 0.1) is 22.7 Å². The summed E-state index contributed by atoms with van der Waals surface area (Å²) in [6, 6.07) is 8.28. The van der Waals surface area contributed by atoms with Crippen LogP contribution >= 0.6 is 12.2 Å². The van der Waals surface area contributed by atoms with Gasteiger partial charge < -0.3 is 9.55 Å². The molecular weight excluding hydrogens is 266 g/mol. The highest BCUT2D eigenvalue weighted by atomic mass is 32.1. The molecule has 102 valence electrons. The molecule has 1 aliphatic carbocycles. The van der Waals surface area contributed by atoms with Crippen molar-refractivity contribution in [3.63, 3.8) is 0 Å². The van der Waals surface area contributed by atoms with Gasteiger partial charge in [-0.25, -0.2) is 0 Å². The Labute approximate surface area is 122 Å². The number of benzene rings is 1. The zero-order valence-electron chi connectivity index (χ0n) is 11.7. The third-order valence-corrected chi connectivity index (χ3v) is 4.85. The van der Waals surface area contributed by atoms with E-state index in [2.05, 4.69) is 46.6 Å². The number of fused-ring (bicyclic) bond motifs is 3. The number of rotatable bonds is 2. The lowest BCUT2D eigenvalue weighted by Crippen LogP contribution is -2.28. The molecule has 2 aromatic heterocycles. The quantitative estimate of drug-likeness (QED) is 0.708. The molecule has 0 radical (unpaired) electrons. The van der Waals surface area contributed by atoms with Crippen molar-refractivity contribution in [3.8, 4) is 0 Å². The predicted molar refractivity (Wildman–Crippen MR) is 84.5 cm³/mol. The molecule has 0 saturated heterocycles. The molecule has 0 bridgehead atoms. The van der Waals surface area contributed by atoms with Crippen molar-refractivity contribution in [2.75, 3.05) is 0 Å². The Morgan fingerprint density at radius 1 is 1.30 bits per heavy atom. The number of nitrogens with one attached hydrogen (secondary N) is 1. The summed E-state index contributed by atoms with van der Waals surface area (Å²) in [6.07, 6.45) is 4.49. The summed E-state index contributed by atoms with van der Waals surface area (Å²) in [7, 11) is 0. The van der Waals surface area contributed by atoms with E-state index in [0.29, 0.717) is 0 Å². The summed E-state index contributed by atoms with van der Waals surface area (Å²) in [6.45, 7) is 4.59. The van der Waals surface area contributed by atoms with Crippen LogP contribution in [0.5, 0.6) is 0 Å². The first-order chi connectivity index (χ1) is 9.59.